The first-order valence-corrected chi connectivity index (χ1v) is 9.04. The van der Waals surface area contributed by atoms with Gasteiger partial charge in [0.2, 0.25) is 0 Å². The summed E-state index contributed by atoms with van der Waals surface area (Å²) in [5, 5.41) is 9.79. The van der Waals surface area contributed by atoms with Gasteiger partial charge in [0.15, 0.2) is 17.2 Å². The van der Waals surface area contributed by atoms with Crippen LogP contribution in [0, 0.1) is 6.92 Å². The number of carbonyl (C=O) groups excluding carboxylic acids is 1. The van der Waals surface area contributed by atoms with Gasteiger partial charge in [0.1, 0.15) is 5.39 Å². The number of carbonyl (C=O) groups is 2. The van der Waals surface area contributed by atoms with Crippen molar-refractivity contribution in [1.29, 1.82) is 0 Å². The lowest BCUT2D eigenvalue weighted by atomic mass is 10.1. The van der Waals surface area contributed by atoms with Gasteiger partial charge < -0.3 is 19.0 Å². The van der Waals surface area contributed by atoms with Gasteiger partial charge in [-0.2, -0.15) is 0 Å². The quantitative estimate of drug-likeness (QED) is 0.635. The Kier molecular flexibility index (Phi) is 5.35. The van der Waals surface area contributed by atoms with E-state index >= 15 is 0 Å². The van der Waals surface area contributed by atoms with Crippen LogP contribution in [0.2, 0.25) is 0 Å². The number of aryl methyl sites for hydroxylation is 2. The summed E-state index contributed by atoms with van der Waals surface area (Å²) in [4.78, 5) is 37.6. The number of pyridine rings is 1. The molecule has 1 aromatic carbocycles. The number of hydrogen-bond donors (Lipinski definition) is 1. The molecule has 3 aromatic rings. The summed E-state index contributed by atoms with van der Waals surface area (Å²) in [6.07, 6.45) is 0.669. The molecule has 0 saturated carbocycles. The van der Waals surface area contributed by atoms with E-state index < -0.39 is 11.5 Å². The minimum Gasteiger partial charge on any atom is -0.490 e. The molecule has 0 saturated heterocycles. The first kappa shape index (κ1) is 19.4. The van der Waals surface area contributed by atoms with E-state index in [4.69, 9.17) is 4.74 Å². The molecule has 1 N–H and O–H groups in total. The van der Waals surface area contributed by atoms with E-state index in [1.807, 2.05) is 13.0 Å². The summed E-state index contributed by atoms with van der Waals surface area (Å²) in [6.45, 7) is 3.77. The number of carboxylic acids is 1. The average Bonchev–Trinajstić information content (AvgIpc) is 2.95. The fourth-order valence-electron chi connectivity index (χ4n) is 3.26. The van der Waals surface area contributed by atoms with Gasteiger partial charge in [-0.25, -0.2) is 4.79 Å². The maximum Gasteiger partial charge on any atom is 0.356 e. The molecule has 2 aromatic heterocycles. The van der Waals surface area contributed by atoms with Crippen LogP contribution in [0.1, 0.15) is 39.9 Å². The molecule has 0 amide bonds. The molecule has 0 aliphatic carbocycles. The number of ether oxygens (including phenoxy) is 1. The van der Waals surface area contributed by atoms with Crippen molar-refractivity contribution >= 4 is 22.7 Å². The van der Waals surface area contributed by atoms with Crippen molar-refractivity contribution in [2.24, 2.45) is 7.05 Å². The molecule has 7 heteroatoms. The number of rotatable bonds is 7. The molecule has 0 atom stereocenters. The van der Waals surface area contributed by atoms with Gasteiger partial charge in [-0.3, -0.25) is 9.59 Å². The van der Waals surface area contributed by atoms with Crippen LogP contribution in [0.5, 0.6) is 5.75 Å². The fraction of sp³-hybridized carbons (Fsp3) is 0.286. The van der Waals surface area contributed by atoms with Gasteiger partial charge in [0.05, 0.1) is 18.7 Å². The number of benzene rings is 1. The number of ketones is 1. The largest absolute Gasteiger partial charge is 0.490 e. The van der Waals surface area contributed by atoms with Crippen LogP contribution in [0.25, 0.3) is 10.9 Å². The third kappa shape index (κ3) is 3.31. The van der Waals surface area contributed by atoms with Crippen molar-refractivity contribution in [2.75, 3.05) is 6.61 Å². The maximum absolute atomic E-state index is 13.2. The molecule has 2 heterocycles. The van der Waals surface area contributed by atoms with E-state index in [2.05, 4.69) is 0 Å². The number of fused-ring (bicyclic) bond motifs is 1. The van der Waals surface area contributed by atoms with Crippen LogP contribution in [-0.4, -0.2) is 32.6 Å². The Morgan fingerprint density at radius 2 is 1.86 bits per heavy atom. The third-order valence-electron chi connectivity index (χ3n) is 4.68. The number of aromatic carboxylic acids is 1. The van der Waals surface area contributed by atoms with E-state index in [0.29, 0.717) is 23.2 Å². The normalized spacial score (nSPS) is 11.0. The highest BCUT2D eigenvalue weighted by Crippen LogP contribution is 2.31. The van der Waals surface area contributed by atoms with Crippen LogP contribution in [0.4, 0.5) is 0 Å². The van der Waals surface area contributed by atoms with E-state index in [0.717, 1.165) is 0 Å². The monoisotopic (exact) mass is 382 g/mol. The summed E-state index contributed by atoms with van der Waals surface area (Å²) >= 11 is 0. The van der Waals surface area contributed by atoms with Gasteiger partial charge in [0.25, 0.3) is 5.56 Å². The Morgan fingerprint density at radius 3 is 2.46 bits per heavy atom. The highest BCUT2D eigenvalue weighted by Gasteiger charge is 2.26. The molecule has 28 heavy (non-hydrogen) atoms. The van der Waals surface area contributed by atoms with Gasteiger partial charge in [-0.05, 0) is 19.4 Å². The first-order valence-electron chi connectivity index (χ1n) is 9.04. The van der Waals surface area contributed by atoms with E-state index in [1.165, 1.54) is 9.13 Å². The lowest BCUT2D eigenvalue weighted by Crippen LogP contribution is -2.26. The lowest BCUT2D eigenvalue weighted by Gasteiger charge is -2.11. The van der Waals surface area contributed by atoms with Gasteiger partial charge >= 0.3 is 5.97 Å². The van der Waals surface area contributed by atoms with Crippen LogP contribution in [-0.2, 0) is 13.6 Å². The first-order chi connectivity index (χ1) is 13.4. The molecule has 3 rings (SSSR count). The molecule has 0 spiro atoms. The molecule has 0 unspecified atom stereocenters. The minimum atomic E-state index is -1.17. The second-order valence-corrected chi connectivity index (χ2v) is 6.62. The second-order valence-electron chi connectivity index (χ2n) is 6.62. The molecule has 0 radical (unpaired) electrons. The van der Waals surface area contributed by atoms with Crippen molar-refractivity contribution in [3.05, 3.63) is 63.7 Å². The zero-order valence-corrected chi connectivity index (χ0v) is 16.1. The summed E-state index contributed by atoms with van der Waals surface area (Å²) in [7, 11) is 1.59. The minimum absolute atomic E-state index is 0.0535. The maximum atomic E-state index is 13.2. The number of Topliss-reactive ketones (excluding diaryl/α,β-unsaturated/α-hetero) is 1. The lowest BCUT2D eigenvalue weighted by molar-refractivity contribution is 0.0682. The van der Waals surface area contributed by atoms with Gasteiger partial charge in [-0.15, -0.1) is 0 Å². The third-order valence-corrected chi connectivity index (χ3v) is 4.68. The smallest absolute Gasteiger partial charge is 0.356 e. The molecular weight excluding hydrogens is 360 g/mol. The zero-order valence-electron chi connectivity index (χ0n) is 16.1. The summed E-state index contributed by atoms with van der Waals surface area (Å²) in [5.74, 6) is -1.32. The highest BCUT2D eigenvalue weighted by atomic mass is 16.5. The highest BCUT2D eigenvalue weighted by molar-refractivity contribution is 6.01. The molecule has 7 nitrogen and oxygen atoms in total. The van der Waals surface area contributed by atoms with Crippen molar-refractivity contribution in [3.63, 3.8) is 0 Å². The van der Waals surface area contributed by atoms with E-state index in [1.54, 1.807) is 44.3 Å². The Labute approximate surface area is 161 Å². The molecule has 0 aliphatic rings. The Balaban J connectivity index is 2.19. The van der Waals surface area contributed by atoms with Gasteiger partial charge in [-0.1, -0.05) is 37.3 Å². The number of nitrogens with zero attached hydrogens (tertiary/aromatic N) is 2. The number of aromatic nitrogens is 2. The van der Waals surface area contributed by atoms with Crippen LogP contribution < -0.4 is 10.3 Å². The van der Waals surface area contributed by atoms with Crippen molar-refractivity contribution in [2.45, 2.75) is 26.8 Å². The van der Waals surface area contributed by atoms with Crippen LogP contribution in [0.15, 0.2) is 41.2 Å². The second kappa shape index (κ2) is 7.72. The topological polar surface area (TPSA) is 90.5 Å². The SMILES string of the molecule is CCCOc1c(C(=O)O)n(C)c2cc(C)n(CC(=O)c3ccccc3)c(=O)c12. The Bertz CT molecular complexity index is 1110. The standard InChI is InChI=1S/C21H22N2O5/c1-4-10-28-19-17-15(22(3)18(19)21(26)27)11-13(2)23(20(17)25)12-16(24)14-8-6-5-7-9-14/h5-9,11H,4,10,12H2,1-3H3,(H,26,27). The van der Waals surface area contributed by atoms with Crippen molar-refractivity contribution in [3.8, 4) is 5.75 Å². The van der Waals surface area contributed by atoms with Crippen molar-refractivity contribution in [1.82, 2.24) is 9.13 Å². The van der Waals surface area contributed by atoms with Crippen LogP contribution >= 0.6 is 0 Å². The molecule has 146 valence electrons. The van der Waals surface area contributed by atoms with E-state index in [9.17, 15) is 19.5 Å². The predicted octanol–water partition coefficient (Wildman–Crippen LogP) is 3.02. The Hall–Kier alpha value is -3.35. The van der Waals surface area contributed by atoms with Crippen LogP contribution in [0.3, 0.4) is 0 Å². The molecule has 0 fully saturated rings. The predicted molar refractivity (Wildman–Crippen MR) is 105 cm³/mol. The molecular formula is C21H22N2O5. The molecule has 0 aliphatic heterocycles. The zero-order chi connectivity index (χ0) is 20.4. The van der Waals surface area contributed by atoms with Gasteiger partial charge in [0, 0.05) is 18.3 Å². The van der Waals surface area contributed by atoms with Crippen molar-refractivity contribution < 1.29 is 19.4 Å². The number of carboxylic acid groups (broad SMARTS) is 1. The fourth-order valence-corrected chi connectivity index (χ4v) is 3.26. The van der Waals surface area contributed by atoms with E-state index in [-0.39, 0.29) is 35.8 Å². The average molecular weight is 382 g/mol. The number of hydrogen-bond acceptors (Lipinski definition) is 4. The summed E-state index contributed by atoms with van der Waals surface area (Å²) in [5.41, 5.74) is 1.03. The summed E-state index contributed by atoms with van der Waals surface area (Å²) < 4.78 is 8.46. The molecule has 0 bridgehead atoms. The Morgan fingerprint density at radius 1 is 1.18 bits per heavy atom. The summed E-state index contributed by atoms with van der Waals surface area (Å²) in [6, 6.07) is 10.4.